The molecule has 2 heteroatoms. The van der Waals surface area contributed by atoms with Gasteiger partial charge in [0.05, 0.1) is 0 Å². The maximum absolute atomic E-state index is 3.73. The van der Waals surface area contributed by atoms with Gasteiger partial charge in [0.25, 0.3) is 0 Å². The molecule has 1 nitrogen and oxygen atoms in total. The molecule has 1 fully saturated rings. The van der Waals surface area contributed by atoms with E-state index in [9.17, 15) is 0 Å². The Morgan fingerprint density at radius 3 is 2.11 bits per heavy atom. The van der Waals surface area contributed by atoms with Crippen molar-refractivity contribution in [2.45, 2.75) is 64.5 Å². The molecule has 0 aliphatic heterocycles. The standard InChI is InChI=1S/C16H25N.ClH/c1-14-9-11-15(12-10-14)13-17-16-7-5-3-2-4-6-8-16;/h9-12,16-17H,2-8,13H2,1H3;1H. The normalized spacial score (nSPS) is 17.6. The minimum atomic E-state index is 0. The molecule has 0 unspecified atom stereocenters. The van der Waals surface area contributed by atoms with E-state index in [1.165, 1.54) is 56.1 Å². The second kappa shape index (κ2) is 8.55. The lowest BCUT2D eigenvalue weighted by molar-refractivity contribution is 0.389. The van der Waals surface area contributed by atoms with Gasteiger partial charge in [-0.3, -0.25) is 0 Å². The molecule has 18 heavy (non-hydrogen) atoms. The van der Waals surface area contributed by atoms with Crippen molar-refractivity contribution >= 4 is 12.4 Å². The van der Waals surface area contributed by atoms with Crippen molar-refractivity contribution in [2.75, 3.05) is 0 Å². The Kier molecular flexibility index (Phi) is 7.38. The highest BCUT2D eigenvalue weighted by molar-refractivity contribution is 5.85. The summed E-state index contributed by atoms with van der Waals surface area (Å²) in [6, 6.07) is 9.64. The van der Waals surface area contributed by atoms with Crippen LogP contribution in [-0.4, -0.2) is 6.04 Å². The smallest absolute Gasteiger partial charge is 0.0208 e. The zero-order valence-electron chi connectivity index (χ0n) is 11.5. The third-order valence-electron chi connectivity index (χ3n) is 3.82. The van der Waals surface area contributed by atoms with Gasteiger partial charge in [-0.1, -0.05) is 61.9 Å². The zero-order valence-corrected chi connectivity index (χ0v) is 12.3. The van der Waals surface area contributed by atoms with Crippen molar-refractivity contribution in [3.05, 3.63) is 35.4 Å². The van der Waals surface area contributed by atoms with Gasteiger partial charge in [0.1, 0.15) is 0 Å². The Hall–Kier alpha value is -0.530. The Balaban J connectivity index is 0.00000162. The average molecular weight is 268 g/mol. The number of rotatable bonds is 3. The summed E-state index contributed by atoms with van der Waals surface area (Å²) in [7, 11) is 0. The first-order valence-electron chi connectivity index (χ1n) is 7.13. The lowest BCUT2D eigenvalue weighted by Gasteiger charge is -2.21. The highest BCUT2D eigenvalue weighted by Crippen LogP contribution is 2.17. The Bertz CT molecular complexity index is 312. The fraction of sp³-hybridized carbons (Fsp3) is 0.625. The third kappa shape index (κ3) is 5.41. The van der Waals surface area contributed by atoms with Gasteiger partial charge in [-0.05, 0) is 25.3 Å². The maximum atomic E-state index is 3.73. The van der Waals surface area contributed by atoms with Gasteiger partial charge in [-0.15, -0.1) is 12.4 Å². The van der Waals surface area contributed by atoms with E-state index in [1.807, 2.05) is 0 Å². The van der Waals surface area contributed by atoms with Crippen molar-refractivity contribution in [1.29, 1.82) is 0 Å². The summed E-state index contributed by atoms with van der Waals surface area (Å²) in [6.45, 7) is 3.18. The molecule has 0 aromatic heterocycles. The van der Waals surface area contributed by atoms with Crippen molar-refractivity contribution in [3.63, 3.8) is 0 Å². The minimum Gasteiger partial charge on any atom is -0.310 e. The molecule has 0 atom stereocenters. The van der Waals surface area contributed by atoms with E-state index in [0.29, 0.717) is 0 Å². The van der Waals surface area contributed by atoms with E-state index in [0.717, 1.165) is 12.6 Å². The molecule has 0 spiro atoms. The SMILES string of the molecule is Cc1ccc(CNC2CCCCCCC2)cc1.Cl. The van der Waals surface area contributed by atoms with Crippen LogP contribution < -0.4 is 5.32 Å². The van der Waals surface area contributed by atoms with Crippen molar-refractivity contribution in [1.82, 2.24) is 5.32 Å². The highest BCUT2D eigenvalue weighted by Gasteiger charge is 2.10. The Labute approximate surface area is 118 Å². The third-order valence-corrected chi connectivity index (χ3v) is 3.82. The Morgan fingerprint density at radius 2 is 1.50 bits per heavy atom. The van der Waals surface area contributed by atoms with Crippen LogP contribution in [0.25, 0.3) is 0 Å². The van der Waals surface area contributed by atoms with Crippen LogP contribution in [0.2, 0.25) is 0 Å². The molecule has 0 bridgehead atoms. The molecule has 1 aromatic rings. The van der Waals surface area contributed by atoms with Gasteiger partial charge in [0, 0.05) is 12.6 Å². The highest BCUT2D eigenvalue weighted by atomic mass is 35.5. The van der Waals surface area contributed by atoms with Crippen molar-refractivity contribution < 1.29 is 0 Å². The van der Waals surface area contributed by atoms with E-state index in [4.69, 9.17) is 0 Å². The van der Waals surface area contributed by atoms with Gasteiger partial charge >= 0.3 is 0 Å². The molecule has 0 saturated heterocycles. The van der Waals surface area contributed by atoms with Crippen molar-refractivity contribution in [3.8, 4) is 0 Å². The summed E-state index contributed by atoms with van der Waals surface area (Å²) in [5.41, 5.74) is 2.76. The van der Waals surface area contributed by atoms with Crippen LogP contribution >= 0.6 is 12.4 Å². The fourth-order valence-electron chi connectivity index (χ4n) is 2.63. The van der Waals surface area contributed by atoms with Crippen LogP contribution in [0, 0.1) is 6.92 Å². The molecule has 2 rings (SSSR count). The van der Waals surface area contributed by atoms with Gasteiger partial charge in [-0.25, -0.2) is 0 Å². The number of hydrogen-bond donors (Lipinski definition) is 1. The monoisotopic (exact) mass is 267 g/mol. The summed E-state index contributed by atoms with van der Waals surface area (Å²) in [4.78, 5) is 0. The van der Waals surface area contributed by atoms with E-state index in [1.54, 1.807) is 0 Å². The molecular formula is C16H26ClN. The summed E-state index contributed by atoms with van der Waals surface area (Å²) < 4.78 is 0. The quantitative estimate of drug-likeness (QED) is 0.843. The van der Waals surface area contributed by atoms with Crippen LogP contribution in [0.3, 0.4) is 0 Å². The number of nitrogens with one attached hydrogen (secondary N) is 1. The minimum absolute atomic E-state index is 0. The predicted octanol–water partition coefficient (Wildman–Crippen LogP) is 4.62. The molecule has 0 amide bonds. The van der Waals surface area contributed by atoms with Gasteiger partial charge in [0.15, 0.2) is 0 Å². The van der Waals surface area contributed by atoms with Gasteiger partial charge < -0.3 is 5.32 Å². The first kappa shape index (κ1) is 15.5. The van der Waals surface area contributed by atoms with Crippen molar-refractivity contribution in [2.24, 2.45) is 0 Å². The van der Waals surface area contributed by atoms with E-state index >= 15 is 0 Å². The van der Waals surface area contributed by atoms with E-state index in [-0.39, 0.29) is 12.4 Å². The number of benzene rings is 1. The summed E-state index contributed by atoms with van der Waals surface area (Å²) >= 11 is 0. The van der Waals surface area contributed by atoms with Crippen LogP contribution in [0.5, 0.6) is 0 Å². The van der Waals surface area contributed by atoms with Gasteiger partial charge in [-0.2, -0.15) is 0 Å². The van der Waals surface area contributed by atoms with E-state index < -0.39 is 0 Å². The second-order valence-electron chi connectivity index (χ2n) is 5.41. The molecule has 0 radical (unpaired) electrons. The topological polar surface area (TPSA) is 12.0 Å². The fourth-order valence-corrected chi connectivity index (χ4v) is 2.63. The van der Waals surface area contributed by atoms with Crippen LogP contribution in [0.1, 0.15) is 56.1 Å². The number of aryl methyl sites for hydroxylation is 1. The second-order valence-corrected chi connectivity index (χ2v) is 5.41. The van der Waals surface area contributed by atoms with Gasteiger partial charge in [0.2, 0.25) is 0 Å². The summed E-state index contributed by atoms with van der Waals surface area (Å²) in [5, 5.41) is 3.73. The lowest BCUT2D eigenvalue weighted by atomic mass is 9.96. The lowest BCUT2D eigenvalue weighted by Crippen LogP contribution is -2.29. The zero-order chi connectivity index (χ0) is 11.9. The molecule has 1 aliphatic rings. The molecule has 1 saturated carbocycles. The first-order chi connectivity index (χ1) is 8.34. The molecule has 102 valence electrons. The van der Waals surface area contributed by atoms with E-state index in [2.05, 4.69) is 36.5 Å². The first-order valence-corrected chi connectivity index (χ1v) is 7.13. The Morgan fingerprint density at radius 1 is 0.944 bits per heavy atom. The van der Waals surface area contributed by atoms with Crippen LogP contribution in [0.4, 0.5) is 0 Å². The largest absolute Gasteiger partial charge is 0.310 e. The molecular weight excluding hydrogens is 242 g/mol. The molecule has 0 heterocycles. The van der Waals surface area contributed by atoms with Crippen LogP contribution in [-0.2, 0) is 6.54 Å². The molecule has 1 aromatic carbocycles. The molecule has 1 aliphatic carbocycles. The summed E-state index contributed by atoms with van der Waals surface area (Å²) in [6.07, 6.45) is 9.87. The summed E-state index contributed by atoms with van der Waals surface area (Å²) in [5.74, 6) is 0. The maximum Gasteiger partial charge on any atom is 0.0208 e. The van der Waals surface area contributed by atoms with Crippen LogP contribution in [0.15, 0.2) is 24.3 Å². The number of halogens is 1. The average Bonchev–Trinajstić information content (AvgIpc) is 2.30. The predicted molar refractivity (Wildman–Crippen MR) is 81.4 cm³/mol. The number of hydrogen-bond acceptors (Lipinski definition) is 1. The molecule has 1 N–H and O–H groups in total.